The third kappa shape index (κ3) is 3.20. The summed E-state index contributed by atoms with van der Waals surface area (Å²) in [5, 5.41) is 2.89. The first-order valence-electron chi connectivity index (χ1n) is 8.00. The second kappa shape index (κ2) is 6.55. The van der Waals surface area contributed by atoms with Gasteiger partial charge in [-0.2, -0.15) is 0 Å². The van der Waals surface area contributed by atoms with Crippen molar-refractivity contribution in [1.29, 1.82) is 0 Å². The molecule has 0 radical (unpaired) electrons. The summed E-state index contributed by atoms with van der Waals surface area (Å²) in [7, 11) is 1.42. The van der Waals surface area contributed by atoms with Gasteiger partial charge in [0.25, 0.3) is 5.91 Å². The first-order valence-corrected chi connectivity index (χ1v) is 8.00. The van der Waals surface area contributed by atoms with E-state index in [-0.39, 0.29) is 17.7 Å². The molecule has 1 atom stereocenters. The topological polar surface area (TPSA) is 55.6 Å². The van der Waals surface area contributed by atoms with Gasteiger partial charge in [0.05, 0.1) is 18.7 Å². The van der Waals surface area contributed by atoms with Gasteiger partial charge >= 0.3 is 0 Å². The molecule has 1 amide bonds. The number of carbonyl (C=O) groups is 1. The number of hydrogen-bond donors (Lipinski definition) is 1. The predicted molar refractivity (Wildman–Crippen MR) is 93.5 cm³/mol. The van der Waals surface area contributed by atoms with Crippen molar-refractivity contribution in [2.45, 2.75) is 26.8 Å². The lowest BCUT2D eigenvalue weighted by atomic mass is 10.1. The zero-order chi connectivity index (χ0) is 18.1. The van der Waals surface area contributed by atoms with Gasteiger partial charge in [-0.3, -0.25) is 4.79 Å². The normalized spacial score (nSPS) is 12.2. The maximum absolute atomic E-state index is 13.9. The minimum atomic E-state index is -0.455. The Hall–Kier alpha value is -2.89. The molecule has 6 heteroatoms. The highest BCUT2D eigenvalue weighted by molar-refractivity contribution is 6.00. The SMILES string of the molecule is COc1ccc(C(C)NC(=O)c2ccn3c(C)cc(C)nc23)cc1F. The summed E-state index contributed by atoms with van der Waals surface area (Å²) in [6, 6.07) is 8.00. The molecular formula is C19H20FN3O2. The minimum absolute atomic E-state index is 0.177. The fourth-order valence-electron chi connectivity index (χ4n) is 2.88. The van der Waals surface area contributed by atoms with E-state index in [1.807, 2.05) is 30.5 Å². The van der Waals surface area contributed by atoms with Gasteiger partial charge in [-0.1, -0.05) is 6.07 Å². The average Bonchev–Trinajstić information content (AvgIpc) is 2.98. The maximum atomic E-state index is 13.9. The Bertz CT molecular complexity index is 949. The number of ether oxygens (including phenoxy) is 1. The summed E-state index contributed by atoms with van der Waals surface area (Å²) in [6.07, 6.45) is 1.82. The number of benzene rings is 1. The Labute approximate surface area is 145 Å². The molecule has 0 aliphatic heterocycles. The van der Waals surface area contributed by atoms with Crippen molar-refractivity contribution in [3.63, 3.8) is 0 Å². The molecule has 3 aromatic rings. The van der Waals surface area contributed by atoms with Crippen molar-refractivity contribution in [2.75, 3.05) is 7.11 Å². The van der Waals surface area contributed by atoms with Gasteiger partial charge in [0, 0.05) is 17.6 Å². The van der Waals surface area contributed by atoms with Crippen LogP contribution in [-0.4, -0.2) is 22.4 Å². The van der Waals surface area contributed by atoms with Crippen molar-refractivity contribution in [1.82, 2.24) is 14.7 Å². The third-order valence-corrected chi connectivity index (χ3v) is 4.21. The molecule has 130 valence electrons. The van der Waals surface area contributed by atoms with Crippen molar-refractivity contribution in [3.8, 4) is 5.75 Å². The largest absolute Gasteiger partial charge is 0.494 e. The van der Waals surface area contributed by atoms with Gasteiger partial charge in [0.1, 0.15) is 5.65 Å². The predicted octanol–water partition coefficient (Wildman–Crippen LogP) is 3.59. The van der Waals surface area contributed by atoms with Crippen LogP contribution in [-0.2, 0) is 0 Å². The van der Waals surface area contributed by atoms with E-state index >= 15 is 0 Å². The second-order valence-corrected chi connectivity index (χ2v) is 6.05. The Kier molecular flexibility index (Phi) is 4.44. The van der Waals surface area contributed by atoms with E-state index < -0.39 is 5.82 Å². The maximum Gasteiger partial charge on any atom is 0.255 e. The van der Waals surface area contributed by atoms with E-state index in [4.69, 9.17) is 4.74 Å². The smallest absolute Gasteiger partial charge is 0.255 e. The molecule has 25 heavy (non-hydrogen) atoms. The van der Waals surface area contributed by atoms with Crippen LogP contribution in [0.15, 0.2) is 36.5 Å². The number of amides is 1. The number of aromatic nitrogens is 2. The van der Waals surface area contributed by atoms with Crippen LogP contribution >= 0.6 is 0 Å². The van der Waals surface area contributed by atoms with E-state index in [0.29, 0.717) is 16.8 Å². The Morgan fingerprint density at radius 3 is 2.72 bits per heavy atom. The fraction of sp³-hybridized carbons (Fsp3) is 0.263. The zero-order valence-corrected chi connectivity index (χ0v) is 14.6. The first kappa shape index (κ1) is 17.0. The van der Waals surface area contributed by atoms with E-state index in [1.54, 1.807) is 25.1 Å². The van der Waals surface area contributed by atoms with Crippen molar-refractivity contribution < 1.29 is 13.9 Å². The van der Waals surface area contributed by atoms with E-state index in [2.05, 4.69) is 10.3 Å². The Morgan fingerprint density at radius 2 is 2.04 bits per heavy atom. The summed E-state index contributed by atoms with van der Waals surface area (Å²) in [5.74, 6) is -0.525. The molecule has 0 aliphatic carbocycles. The van der Waals surface area contributed by atoms with Crippen LogP contribution in [0.1, 0.15) is 40.3 Å². The monoisotopic (exact) mass is 341 g/mol. The number of carbonyl (C=O) groups excluding carboxylic acids is 1. The van der Waals surface area contributed by atoms with Crippen molar-refractivity contribution in [3.05, 3.63) is 64.9 Å². The van der Waals surface area contributed by atoms with Gasteiger partial charge in [0.15, 0.2) is 11.6 Å². The van der Waals surface area contributed by atoms with Crippen LogP contribution in [0.2, 0.25) is 0 Å². The number of aryl methyl sites for hydroxylation is 2. The molecule has 1 aromatic carbocycles. The van der Waals surface area contributed by atoms with E-state index in [1.165, 1.54) is 13.2 Å². The molecule has 2 aromatic heterocycles. The summed E-state index contributed by atoms with van der Waals surface area (Å²) in [4.78, 5) is 17.1. The van der Waals surface area contributed by atoms with Crippen molar-refractivity contribution >= 4 is 11.6 Å². The second-order valence-electron chi connectivity index (χ2n) is 6.05. The van der Waals surface area contributed by atoms with Gasteiger partial charge in [-0.15, -0.1) is 0 Å². The molecule has 0 aliphatic rings. The Balaban J connectivity index is 1.86. The van der Waals surface area contributed by atoms with Crippen molar-refractivity contribution in [2.24, 2.45) is 0 Å². The zero-order valence-electron chi connectivity index (χ0n) is 14.6. The summed E-state index contributed by atoms with van der Waals surface area (Å²) in [5.41, 5.74) is 3.63. The van der Waals surface area contributed by atoms with E-state index in [9.17, 15) is 9.18 Å². The number of nitrogens with one attached hydrogen (secondary N) is 1. The molecule has 1 N–H and O–H groups in total. The quantitative estimate of drug-likeness (QED) is 0.789. The standard InChI is InChI=1S/C19H20FN3O2/c1-11-9-12(2)23-8-7-15(18(23)21-11)19(24)22-13(3)14-5-6-17(25-4)16(20)10-14/h5-10,13H,1-4H3,(H,22,24). The van der Waals surface area contributed by atoms with Crippen LogP contribution in [0.4, 0.5) is 4.39 Å². The fourth-order valence-corrected chi connectivity index (χ4v) is 2.88. The molecule has 1 unspecified atom stereocenters. The van der Waals surface area contributed by atoms with Crippen LogP contribution in [0.25, 0.3) is 5.65 Å². The van der Waals surface area contributed by atoms with Gasteiger partial charge in [-0.05, 0) is 50.6 Å². The lowest BCUT2D eigenvalue weighted by Gasteiger charge is -2.15. The van der Waals surface area contributed by atoms with Crippen LogP contribution in [0.5, 0.6) is 5.75 Å². The number of halogens is 1. The molecule has 0 fully saturated rings. The molecule has 0 spiro atoms. The highest BCUT2D eigenvalue weighted by Crippen LogP contribution is 2.22. The summed E-state index contributed by atoms with van der Waals surface area (Å²) >= 11 is 0. The molecule has 3 rings (SSSR count). The number of nitrogens with zero attached hydrogens (tertiary/aromatic N) is 2. The lowest BCUT2D eigenvalue weighted by molar-refractivity contribution is 0.0941. The van der Waals surface area contributed by atoms with Gasteiger partial charge in [0.2, 0.25) is 0 Å². The molecular weight excluding hydrogens is 321 g/mol. The number of methoxy groups -OCH3 is 1. The molecule has 2 heterocycles. The molecule has 0 saturated carbocycles. The first-order chi connectivity index (χ1) is 11.9. The lowest BCUT2D eigenvalue weighted by Crippen LogP contribution is -2.26. The summed E-state index contributed by atoms with van der Waals surface area (Å²) < 4.78 is 20.7. The van der Waals surface area contributed by atoms with Crippen LogP contribution in [0.3, 0.4) is 0 Å². The highest BCUT2D eigenvalue weighted by Gasteiger charge is 2.17. The third-order valence-electron chi connectivity index (χ3n) is 4.21. The highest BCUT2D eigenvalue weighted by atomic mass is 19.1. The number of fused-ring (bicyclic) bond motifs is 1. The number of rotatable bonds is 4. The van der Waals surface area contributed by atoms with Crippen LogP contribution < -0.4 is 10.1 Å². The average molecular weight is 341 g/mol. The number of hydrogen-bond acceptors (Lipinski definition) is 3. The molecule has 0 saturated heterocycles. The van der Waals surface area contributed by atoms with Crippen LogP contribution in [0, 0.1) is 19.7 Å². The molecule has 0 bridgehead atoms. The Morgan fingerprint density at radius 1 is 1.28 bits per heavy atom. The summed E-state index contributed by atoms with van der Waals surface area (Å²) in [6.45, 7) is 5.66. The minimum Gasteiger partial charge on any atom is -0.494 e. The van der Waals surface area contributed by atoms with Gasteiger partial charge < -0.3 is 14.5 Å². The van der Waals surface area contributed by atoms with Gasteiger partial charge in [-0.25, -0.2) is 9.37 Å². The van der Waals surface area contributed by atoms with E-state index in [0.717, 1.165) is 11.4 Å². The molecule has 5 nitrogen and oxygen atoms in total.